The maximum absolute atomic E-state index is 12.7. The fourth-order valence-corrected chi connectivity index (χ4v) is 5.10. The zero-order valence-electron chi connectivity index (χ0n) is 12.9. The molecule has 0 aromatic heterocycles. The number of halogens is 3. The van der Waals surface area contributed by atoms with Crippen LogP contribution in [0.2, 0.25) is 0 Å². The van der Waals surface area contributed by atoms with E-state index in [9.17, 15) is 13.2 Å². The van der Waals surface area contributed by atoms with Crippen LogP contribution in [0.1, 0.15) is 21.5 Å². The number of rotatable bonds is 2. The van der Waals surface area contributed by atoms with Gasteiger partial charge in [-0.3, -0.25) is 4.79 Å². The summed E-state index contributed by atoms with van der Waals surface area (Å²) in [5.74, 6) is -0.198. The van der Waals surface area contributed by atoms with Gasteiger partial charge in [-0.15, -0.1) is 0 Å². The van der Waals surface area contributed by atoms with Crippen LogP contribution in [0.4, 0.5) is 0 Å². The minimum Gasteiger partial charge on any atom is -0.292 e. The van der Waals surface area contributed by atoms with E-state index in [1.807, 2.05) is 6.92 Å². The van der Waals surface area contributed by atoms with Crippen molar-refractivity contribution in [2.24, 2.45) is 4.40 Å². The lowest BCUT2D eigenvalue weighted by Gasteiger charge is -2.32. The monoisotopic (exact) mass is 547 g/mol. The second kappa shape index (κ2) is 6.72. The number of ketones is 1. The summed E-state index contributed by atoms with van der Waals surface area (Å²) < 4.78 is 28.4. The zero-order chi connectivity index (χ0) is 18.4. The average Bonchev–Trinajstić information content (AvgIpc) is 2.58. The molecule has 0 radical (unpaired) electrons. The van der Waals surface area contributed by atoms with Gasteiger partial charge in [0.25, 0.3) is 10.0 Å². The molecule has 130 valence electrons. The molecule has 0 N–H and O–H groups in total. The Morgan fingerprint density at radius 2 is 1.56 bits per heavy atom. The lowest BCUT2D eigenvalue weighted by molar-refractivity contribution is 0.0984. The first-order valence-corrected chi connectivity index (χ1v) is 11.2. The summed E-state index contributed by atoms with van der Waals surface area (Å²) in [6, 6.07) is 13.3. The Morgan fingerprint density at radius 1 is 1.00 bits per heavy atom. The molecule has 0 fully saturated rings. The van der Waals surface area contributed by atoms with Crippen LogP contribution < -0.4 is 0 Å². The Hall–Kier alpha value is -0.830. The average molecular weight is 550 g/mol. The molecule has 2 aromatic carbocycles. The van der Waals surface area contributed by atoms with Gasteiger partial charge in [0, 0.05) is 11.1 Å². The topological polar surface area (TPSA) is 63.6 Å². The number of Topliss-reactive ketones (excluding diaryl/α,β-unsaturated/α-hetero) is 1. The van der Waals surface area contributed by atoms with Crippen LogP contribution in [-0.4, -0.2) is 28.0 Å². The third-order valence-corrected chi connectivity index (χ3v) is 9.14. The SMILES string of the molecule is Cc1ccc(S(=O)(=O)N=C2c3ccccc3C(=O)C(Br)(Br)C2Br)cc1. The van der Waals surface area contributed by atoms with Crippen molar-refractivity contribution in [3.63, 3.8) is 0 Å². The van der Waals surface area contributed by atoms with E-state index in [4.69, 9.17) is 0 Å². The molecule has 0 heterocycles. The number of alkyl halides is 3. The maximum atomic E-state index is 12.7. The quantitative estimate of drug-likeness (QED) is 0.514. The number of aryl methyl sites for hydroxylation is 1. The normalized spacial score (nSPS) is 21.2. The first-order chi connectivity index (χ1) is 11.6. The van der Waals surface area contributed by atoms with Crippen molar-refractivity contribution in [2.75, 3.05) is 0 Å². The van der Waals surface area contributed by atoms with Gasteiger partial charge < -0.3 is 0 Å². The van der Waals surface area contributed by atoms with E-state index in [0.717, 1.165) is 5.56 Å². The molecule has 0 amide bonds. The number of nitrogens with zero attached hydrogens (tertiary/aromatic N) is 1. The molecule has 0 bridgehead atoms. The number of benzene rings is 2. The van der Waals surface area contributed by atoms with Crippen molar-refractivity contribution in [1.29, 1.82) is 0 Å². The highest BCUT2D eigenvalue weighted by Crippen LogP contribution is 2.44. The van der Waals surface area contributed by atoms with Crippen LogP contribution in [0.5, 0.6) is 0 Å². The number of sulfonamides is 1. The van der Waals surface area contributed by atoms with Crippen molar-refractivity contribution in [1.82, 2.24) is 0 Å². The first-order valence-electron chi connectivity index (χ1n) is 7.22. The molecule has 3 rings (SSSR count). The van der Waals surface area contributed by atoms with Crippen LogP contribution in [-0.2, 0) is 10.0 Å². The predicted molar refractivity (Wildman–Crippen MR) is 109 cm³/mol. The maximum Gasteiger partial charge on any atom is 0.282 e. The van der Waals surface area contributed by atoms with Gasteiger partial charge in [-0.05, 0) is 19.1 Å². The third-order valence-electron chi connectivity index (χ3n) is 3.85. The summed E-state index contributed by atoms with van der Waals surface area (Å²) in [6.07, 6.45) is 0. The Balaban J connectivity index is 2.21. The van der Waals surface area contributed by atoms with Gasteiger partial charge in [-0.25, -0.2) is 0 Å². The highest BCUT2D eigenvalue weighted by Gasteiger charge is 2.48. The van der Waals surface area contributed by atoms with Crippen molar-refractivity contribution in [3.05, 3.63) is 65.2 Å². The molecule has 8 heteroatoms. The summed E-state index contributed by atoms with van der Waals surface area (Å²) in [6.45, 7) is 1.88. The van der Waals surface area contributed by atoms with Crippen LogP contribution >= 0.6 is 47.8 Å². The summed E-state index contributed by atoms with van der Waals surface area (Å²) in [5, 5.41) is 0. The Bertz CT molecular complexity index is 982. The standard InChI is InChI=1S/C17H12Br3NO3S/c1-10-6-8-11(9-7-10)25(23,24)21-14-12-4-2-3-5-13(12)16(22)17(19,20)15(14)18/h2-9,15H,1H3. The summed E-state index contributed by atoms with van der Waals surface area (Å²) in [5.41, 5.74) is 2.13. The number of fused-ring (bicyclic) bond motifs is 1. The molecule has 1 aliphatic carbocycles. The van der Waals surface area contributed by atoms with Crippen molar-refractivity contribution in [3.8, 4) is 0 Å². The molecule has 2 aromatic rings. The van der Waals surface area contributed by atoms with Gasteiger partial charge >= 0.3 is 0 Å². The van der Waals surface area contributed by atoms with Crippen LogP contribution in [0.25, 0.3) is 0 Å². The first kappa shape index (κ1) is 18.9. The van der Waals surface area contributed by atoms with Gasteiger partial charge in [-0.2, -0.15) is 12.8 Å². The fourth-order valence-electron chi connectivity index (χ4n) is 2.50. The second-order valence-corrected chi connectivity index (χ2v) is 11.7. The third kappa shape index (κ3) is 3.41. The predicted octanol–water partition coefficient (Wildman–Crippen LogP) is 4.62. The molecular weight excluding hydrogens is 538 g/mol. The highest BCUT2D eigenvalue weighted by atomic mass is 79.9. The molecule has 1 aliphatic rings. The molecule has 0 aliphatic heterocycles. The summed E-state index contributed by atoms with van der Waals surface area (Å²) in [7, 11) is -3.91. The molecule has 25 heavy (non-hydrogen) atoms. The zero-order valence-corrected chi connectivity index (χ0v) is 18.5. The Morgan fingerprint density at radius 3 is 2.16 bits per heavy atom. The van der Waals surface area contributed by atoms with E-state index in [0.29, 0.717) is 11.1 Å². The molecule has 1 unspecified atom stereocenters. The van der Waals surface area contributed by atoms with Gasteiger partial charge in [0.2, 0.25) is 0 Å². The molecule has 0 spiro atoms. The molecule has 1 atom stereocenters. The lowest BCUT2D eigenvalue weighted by atomic mass is 9.89. The number of carbonyl (C=O) groups excluding carboxylic acids is 1. The van der Waals surface area contributed by atoms with E-state index < -0.39 is 18.1 Å². The van der Waals surface area contributed by atoms with E-state index in [-0.39, 0.29) is 16.4 Å². The van der Waals surface area contributed by atoms with Crippen LogP contribution in [0, 0.1) is 6.92 Å². The van der Waals surface area contributed by atoms with Gasteiger partial charge in [0.05, 0.1) is 15.4 Å². The lowest BCUT2D eigenvalue weighted by Crippen LogP contribution is -2.45. The van der Waals surface area contributed by atoms with Gasteiger partial charge in [-0.1, -0.05) is 89.8 Å². The van der Waals surface area contributed by atoms with Crippen LogP contribution in [0.15, 0.2) is 57.8 Å². The van der Waals surface area contributed by atoms with Crippen LogP contribution in [0.3, 0.4) is 0 Å². The van der Waals surface area contributed by atoms with E-state index >= 15 is 0 Å². The summed E-state index contributed by atoms with van der Waals surface area (Å²) >= 11 is 10.1. The van der Waals surface area contributed by atoms with Gasteiger partial charge in [0.15, 0.2) is 9.02 Å². The minimum absolute atomic E-state index is 0.106. The smallest absolute Gasteiger partial charge is 0.282 e. The Labute approximate surface area is 171 Å². The van der Waals surface area contributed by atoms with E-state index in [1.165, 1.54) is 12.1 Å². The Kier molecular flexibility index (Phi) is 5.09. The van der Waals surface area contributed by atoms with Crippen molar-refractivity contribution < 1.29 is 13.2 Å². The van der Waals surface area contributed by atoms with Crippen molar-refractivity contribution in [2.45, 2.75) is 19.9 Å². The highest BCUT2D eigenvalue weighted by molar-refractivity contribution is 9.26. The fraction of sp³-hybridized carbons (Fsp3) is 0.176. The van der Waals surface area contributed by atoms with Crippen molar-refractivity contribution >= 4 is 69.3 Å². The number of carbonyl (C=O) groups is 1. The molecule has 0 saturated heterocycles. The molecular formula is C17H12Br3NO3S. The second-order valence-electron chi connectivity index (χ2n) is 5.62. The van der Waals surface area contributed by atoms with Gasteiger partial charge in [0.1, 0.15) is 0 Å². The number of hydrogen-bond acceptors (Lipinski definition) is 3. The van der Waals surface area contributed by atoms with E-state index in [1.54, 1.807) is 36.4 Å². The molecule has 0 saturated carbocycles. The minimum atomic E-state index is -3.91. The number of hydrogen-bond donors (Lipinski definition) is 0. The molecule has 4 nitrogen and oxygen atoms in total. The summed E-state index contributed by atoms with van der Waals surface area (Å²) in [4.78, 5) is 12.1. The van der Waals surface area contributed by atoms with E-state index in [2.05, 4.69) is 52.2 Å². The largest absolute Gasteiger partial charge is 0.292 e.